The number of nitrogens with zero attached hydrogens (tertiary/aromatic N) is 4. The van der Waals surface area contributed by atoms with E-state index in [0.717, 1.165) is 16.8 Å². The summed E-state index contributed by atoms with van der Waals surface area (Å²) in [6.45, 7) is 4.85. The minimum Gasteiger partial charge on any atom is -0.349 e. The third-order valence-electron chi connectivity index (χ3n) is 6.44. The molecule has 3 aromatic carbocycles. The largest absolute Gasteiger partial charge is 0.349 e. The van der Waals surface area contributed by atoms with Crippen LogP contribution in [0.1, 0.15) is 36.2 Å². The summed E-state index contributed by atoms with van der Waals surface area (Å²) in [5.41, 5.74) is 2.53. The van der Waals surface area contributed by atoms with Crippen LogP contribution in [0.15, 0.2) is 79.3 Å². The molecule has 0 radical (unpaired) electrons. The Labute approximate surface area is 259 Å². The van der Waals surface area contributed by atoms with E-state index in [1.165, 1.54) is 6.07 Å². The van der Waals surface area contributed by atoms with Crippen LogP contribution < -0.4 is 10.6 Å². The van der Waals surface area contributed by atoms with Crippen LogP contribution in [0.4, 0.5) is 10.1 Å². The molecule has 7 nitrogen and oxygen atoms in total. The highest BCUT2D eigenvalue weighted by molar-refractivity contribution is 7.80. The summed E-state index contributed by atoms with van der Waals surface area (Å²) in [5, 5.41) is 16.2. The number of halogens is 3. The molecule has 0 aliphatic rings. The van der Waals surface area contributed by atoms with Gasteiger partial charge in [-0.2, -0.15) is 5.26 Å². The first-order valence-corrected chi connectivity index (χ1v) is 14.2. The maximum atomic E-state index is 14.4. The number of para-hydroxylation sites is 1. The second-order valence-corrected chi connectivity index (χ2v) is 11.6. The lowest BCUT2D eigenvalue weighted by Crippen LogP contribution is -2.53. The molecule has 0 saturated carbocycles. The average molecular weight is 624 g/mol. The lowest BCUT2D eigenvalue weighted by molar-refractivity contribution is -0.122. The summed E-state index contributed by atoms with van der Waals surface area (Å²) in [6.07, 6.45) is 3.45. The molecular weight excluding hydrogens is 594 g/mol. The van der Waals surface area contributed by atoms with Crippen molar-refractivity contribution in [1.29, 1.82) is 5.26 Å². The SMILES string of the molecule is CC(C)(CN(Cc1cccc(Cl)c1Cl)C(=S)Nc1ccccc1F)NC(=O)Cc1cncn1Cc1ccc(C#N)cc1. The van der Waals surface area contributed by atoms with Crippen molar-refractivity contribution in [2.45, 2.75) is 38.9 Å². The Kier molecular flexibility index (Phi) is 10.2. The number of hydrogen-bond donors (Lipinski definition) is 2. The monoisotopic (exact) mass is 622 g/mol. The third kappa shape index (κ3) is 8.29. The molecule has 2 N–H and O–H groups in total. The summed E-state index contributed by atoms with van der Waals surface area (Å²) < 4.78 is 16.3. The molecule has 0 saturated heterocycles. The number of rotatable bonds is 10. The van der Waals surface area contributed by atoms with Crippen molar-refractivity contribution in [3.05, 3.63) is 118 Å². The Morgan fingerprint density at radius 3 is 2.57 bits per heavy atom. The lowest BCUT2D eigenvalue weighted by Gasteiger charge is -2.35. The van der Waals surface area contributed by atoms with E-state index in [1.54, 1.807) is 55.0 Å². The molecule has 1 aromatic heterocycles. The molecule has 1 heterocycles. The van der Waals surface area contributed by atoms with Crippen LogP contribution in [-0.4, -0.2) is 37.6 Å². The Morgan fingerprint density at radius 1 is 1.12 bits per heavy atom. The molecule has 0 aliphatic carbocycles. The van der Waals surface area contributed by atoms with Crippen LogP contribution in [-0.2, 0) is 24.3 Å². The van der Waals surface area contributed by atoms with Crippen molar-refractivity contribution >= 4 is 52.1 Å². The molecule has 42 heavy (non-hydrogen) atoms. The highest BCUT2D eigenvalue weighted by Crippen LogP contribution is 2.27. The molecule has 0 fully saturated rings. The number of anilines is 1. The number of carbonyl (C=O) groups is 1. The van der Waals surface area contributed by atoms with Crippen molar-refractivity contribution in [2.75, 3.05) is 11.9 Å². The smallest absolute Gasteiger partial charge is 0.226 e. The molecule has 0 aliphatic heterocycles. The third-order valence-corrected chi connectivity index (χ3v) is 7.65. The summed E-state index contributed by atoms with van der Waals surface area (Å²) in [5.74, 6) is -0.638. The fourth-order valence-electron chi connectivity index (χ4n) is 4.45. The number of aromatic nitrogens is 2. The molecule has 0 atom stereocenters. The van der Waals surface area contributed by atoms with Gasteiger partial charge in [0.25, 0.3) is 0 Å². The van der Waals surface area contributed by atoms with Gasteiger partial charge in [-0.1, -0.05) is 59.6 Å². The summed E-state index contributed by atoms with van der Waals surface area (Å²) in [6, 6.07) is 21.0. The van der Waals surface area contributed by atoms with Crippen molar-refractivity contribution in [1.82, 2.24) is 19.8 Å². The predicted octanol–water partition coefficient (Wildman–Crippen LogP) is 6.59. The van der Waals surface area contributed by atoms with Crippen LogP contribution in [0.5, 0.6) is 0 Å². The molecule has 4 rings (SSSR count). The summed E-state index contributed by atoms with van der Waals surface area (Å²) in [7, 11) is 0. The first-order chi connectivity index (χ1) is 20.0. The van der Waals surface area contributed by atoms with E-state index in [9.17, 15) is 9.18 Å². The first kappa shape index (κ1) is 31.0. The Morgan fingerprint density at radius 2 is 1.86 bits per heavy atom. The first-order valence-electron chi connectivity index (χ1n) is 13.1. The van der Waals surface area contributed by atoms with Crippen LogP contribution >= 0.6 is 35.4 Å². The van der Waals surface area contributed by atoms with Gasteiger partial charge in [0.2, 0.25) is 5.91 Å². The molecule has 0 unspecified atom stereocenters. The Bertz CT molecular complexity index is 1620. The number of benzene rings is 3. The van der Waals surface area contributed by atoms with Gasteiger partial charge >= 0.3 is 0 Å². The van der Waals surface area contributed by atoms with Crippen LogP contribution in [0.25, 0.3) is 0 Å². The van der Waals surface area contributed by atoms with E-state index in [-0.39, 0.29) is 36.2 Å². The van der Waals surface area contributed by atoms with Crippen LogP contribution in [0.2, 0.25) is 10.0 Å². The quantitative estimate of drug-likeness (QED) is 0.194. The van der Waals surface area contributed by atoms with Gasteiger partial charge in [-0.15, -0.1) is 0 Å². The van der Waals surface area contributed by atoms with Gasteiger partial charge in [0.15, 0.2) is 5.11 Å². The highest BCUT2D eigenvalue weighted by atomic mass is 35.5. The standard InChI is InChI=1S/C31H29Cl2FN6OS/c1-31(2,38-28(41)14-24-16-36-20-40(24)17-22-12-10-21(15-35)11-13-22)19-39(18-23-6-5-7-25(32)29(23)33)30(42)37-27-9-4-3-8-26(27)34/h3-13,16,20H,14,17-19H2,1-2H3,(H,37,42)(H,38,41). The molecule has 4 aromatic rings. The second-order valence-electron chi connectivity index (χ2n) is 10.4. The van der Waals surface area contributed by atoms with Crippen LogP contribution in [0, 0.1) is 17.1 Å². The Hall–Kier alpha value is -3.97. The van der Waals surface area contributed by atoms with E-state index >= 15 is 0 Å². The van der Waals surface area contributed by atoms with Crippen molar-refractivity contribution in [2.24, 2.45) is 0 Å². The number of nitrogens with one attached hydrogen (secondary N) is 2. The van der Waals surface area contributed by atoms with Gasteiger partial charge in [-0.3, -0.25) is 4.79 Å². The topological polar surface area (TPSA) is 86.0 Å². The van der Waals surface area contributed by atoms with E-state index < -0.39 is 11.4 Å². The minimum atomic E-state index is -0.749. The molecular formula is C31H29Cl2FN6OS. The van der Waals surface area contributed by atoms with Crippen molar-refractivity contribution in [3.8, 4) is 6.07 Å². The minimum absolute atomic E-state index is 0.109. The number of thiocarbonyl (C=S) groups is 1. The number of hydrogen-bond acceptors (Lipinski definition) is 4. The van der Waals surface area contributed by atoms with E-state index in [4.69, 9.17) is 40.7 Å². The van der Waals surface area contributed by atoms with Gasteiger partial charge in [0.05, 0.1) is 45.7 Å². The van der Waals surface area contributed by atoms with Crippen molar-refractivity contribution < 1.29 is 9.18 Å². The molecule has 1 amide bonds. The zero-order valence-electron chi connectivity index (χ0n) is 23.1. The predicted molar refractivity (Wildman–Crippen MR) is 168 cm³/mol. The molecule has 0 bridgehead atoms. The van der Waals surface area contributed by atoms with E-state index in [1.807, 2.05) is 41.5 Å². The normalized spacial score (nSPS) is 11.0. The average Bonchev–Trinajstić information content (AvgIpc) is 3.37. The zero-order valence-corrected chi connectivity index (χ0v) is 25.4. The Balaban J connectivity index is 1.47. The molecule has 216 valence electrons. The second kappa shape index (κ2) is 13.8. The van der Waals surface area contributed by atoms with Gasteiger partial charge in [0, 0.05) is 31.5 Å². The number of nitriles is 1. The molecule has 0 spiro atoms. The van der Waals surface area contributed by atoms with Gasteiger partial charge in [-0.05, 0) is 67.5 Å². The van der Waals surface area contributed by atoms with E-state index in [2.05, 4.69) is 21.7 Å². The maximum Gasteiger partial charge on any atom is 0.226 e. The van der Waals surface area contributed by atoms with Gasteiger partial charge in [0.1, 0.15) is 5.82 Å². The fraction of sp³-hybridized carbons (Fsp3) is 0.226. The number of imidazole rings is 1. The fourth-order valence-corrected chi connectivity index (χ4v) is 5.07. The maximum absolute atomic E-state index is 14.4. The van der Waals surface area contributed by atoms with Crippen LogP contribution in [0.3, 0.4) is 0 Å². The van der Waals surface area contributed by atoms with Crippen molar-refractivity contribution in [3.63, 3.8) is 0 Å². The number of amides is 1. The summed E-state index contributed by atoms with van der Waals surface area (Å²) in [4.78, 5) is 19.3. The van der Waals surface area contributed by atoms with Gasteiger partial charge < -0.3 is 20.1 Å². The zero-order chi connectivity index (χ0) is 30.3. The lowest BCUT2D eigenvalue weighted by atomic mass is 10.0. The summed E-state index contributed by atoms with van der Waals surface area (Å²) >= 11 is 18.4. The number of carbonyl (C=O) groups excluding carboxylic acids is 1. The van der Waals surface area contributed by atoms with Gasteiger partial charge in [-0.25, -0.2) is 9.37 Å². The molecule has 11 heteroatoms. The van der Waals surface area contributed by atoms with E-state index in [0.29, 0.717) is 22.2 Å². The highest BCUT2D eigenvalue weighted by Gasteiger charge is 2.27.